The van der Waals surface area contributed by atoms with Crippen molar-refractivity contribution < 1.29 is 14.6 Å². The lowest BCUT2D eigenvalue weighted by Gasteiger charge is -2.40. The topological polar surface area (TPSA) is 49.8 Å². The Bertz CT molecular complexity index is 531. The van der Waals surface area contributed by atoms with E-state index in [4.69, 9.17) is 4.74 Å². The number of hydrogen-bond acceptors (Lipinski definition) is 3. The molecule has 120 valence electrons. The van der Waals surface area contributed by atoms with Crippen LogP contribution in [0, 0.1) is 5.92 Å². The molecule has 1 aromatic carbocycles. The van der Waals surface area contributed by atoms with E-state index >= 15 is 0 Å². The molecule has 3 unspecified atom stereocenters. The number of amides is 1. The Labute approximate surface area is 132 Å². The van der Waals surface area contributed by atoms with E-state index in [9.17, 15) is 9.90 Å². The zero-order chi connectivity index (χ0) is 15.5. The summed E-state index contributed by atoms with van der Waals surface area (Å²) >= 11 is 0. The summed E-state index contributed by atoms with van der Waals surface area (Å²) in [5, 5.41) is 9.84. The minimum atomic E-state index is -0.194. The second-order valence-corrected chi connectivity index (χ2v) is 6.30. The summed E-state index contributed by atoms with van der Waals surface area (Å²) in [6.07, 6.45) is 3.64. The van der Waals surface area contributed by atoms with Gasteiger partial charge in [0.1, 0.15) is 0 Å². The molecule has 22 heavy (non-hydrogen) atoms. The van der Waals surface area contributed by atoms with E-state index in [0.717, 1.165) is 31.2 Å². The van der Waals surface area contributed by atoms with Crippen LogP contribution in [-0.4, -0.2) is 41.8 Å². The zero-order valence-corrected chi connectivity index (χ0v) is 13.2. The highest BCUT2D eigenvalue weighted by Crippen LogP contribution is 2.33. The van der Waals surface area contributed by atoms with Crippen LogP contribution >= 0.6 is 0 Å². The Kier molecular flexibility index (Phi) is 4.79. The smallest absolute Gasteiger partial charge is 0.226 e. The first kappa shape index (κ1) is 15.5. The van der Waals surface area contributed by atoms with Crippen molar-refractivity contribution in [3.63, 3.8) is 0 Å². The van der Waals surface area contributed by atoms with Gasteiger partial charge in [-0.05, 0) is 36.8 Å². The number of rotatable bonds is 3. The molecule has 0 aromatic heterocycles. The third-order valence-corrected chi connectivity index (χ3v) is 5.04. The Morgan fingerprint density at radius 2 is 2.23 bits per heavy atom. The standard InChI is InChI=1S/C18H25NO3/c1-2-15-11-14(8-10-22-15)18(21)19-9-7-13-5-3-4-6-16(13)17(19)12-20/h3-6,14-15,17,20H,2,7-12H2,1H3. The number of aliphatic hydroxyl groups excluding tert-OH is 1. The molecular formula is C18H25NO3. The molecular weight excluding hydrogens is 278 g/mol. The Morgan fingerprint density at radius 1 is 1.41 bits per heavy atom. The van der Waals surface area contributed by atoms with Crippen molar-refractivity contribution in [1.29, 1.82) is 0 Å². The van der Waals surface area contributed by atoms with Crippen LogP contribution in [0.2, 0.25) is 0 Å². The number of benzene rings is 1. The highest BCUT2D eigenvalue weighted by molar-refractivity contribution is 5.80. The SMILES string of the molecule is CCC1CC(C(=O)N2CCc3ccccc3C2CO)CCO1. The third kappa shape index (κ3) is 2.90. The molecule has 0 aliphatic carbocycles. The van der Waals surface area contributed by atoms with Crippen LogP contribution in [0.1, 0.15) is 43.4 Å². The summed E-state index contributed by atoms with van der Waals surface area (Å²) < 4.78 is 5.68. The van der Waals surface area contributed by atoms with Crippen molar-refractivity contribution in [2.24, 2.45) is 5.92 Å². The van der Waals surface area contributed by atoms with Gasteiger partial charge in [-0.15, -0.1) is 0 Å². The number of fused-ring (bicyclic) bond motifs is 1. The lowest BCUT2D eigenvalue weighted by Crippen LogP contribution is -2.46. The van der Waals surface area contributed by atoms with Crippen molar-refractivity contribution in [1.82, 2.24) is 4.90 Å². The quantitative estimate of drug-likeness (QED) is 0.932. The average molecular weight is 303 g/mol. The molecule has 4 nitrogen and oxygen atoms in total. The van der Waals surface area contributed by atoms with Crippen molar-refractivity contribution >= 4 is 5.91 Å². The first-order valence-corrected chi connectivity index (χ1v) is 8.35. The number of carbonyl (C=O) groups excluding carboxylic acids is 1. The number of nitrogens with zero attached hydrogens (tertiary/aromatic N) is 1. The van der Waals surface area contributed by atoms with E-state index in [1.54, 1.807) is 0 Å². The molecule has 2 heterocycles. The number of carbonyl (C=O) groups is 1. The first-order chi connectivity index (χ1) is 10.7. The third-order valence-electron chi connectivity index (χ3n) is 5.04. The molecule has 0 spiro atoms. The van der Waals surface area contributed by atoms with Gasteiger partial charge in [-0.3, -0.25) is 4.79 Å². The number of ether oxygens (including phenoxy) is 1. The fourth-order valence-corrected chi connectivity index (χ4v) is 3.74. The fourth-order valence-electron chi connectivity index (χ4n) is 3.74. The molecule has 1 aromatic rings. The molecule has 0 radical (unpaired) electrons. The van der Waals surface area contributed by atoms with Crippen LogP contribution in [0.5, 0.6) is 0 Å². The van der Waals surface area contributed by atoms with Crippen LogP contribution in [0.25, 0.3) is 0 Å². The van der Waals surface area contributed by atoms with Gasteiger partial charge in [0.2, 0.25) is 5.91 Å². The van der Waals surface area contributed by atoms with E-state index in [-0.39, 0.29) is 30.6 Å². The second kappa shape index (κ2) is 6.80. The second-order valence-electron chi connectivity index (χ2n) is 6.30. The molecule has 1 fully saturated rings. The Balaban J connectivity index is 1.78. The predicted molar refractivity (Wildman–Crippen MR) is 84.4 cm³/mol. The summed E-state index contributed by atoms with van der Waals surface area (Å²) in [5.41, 5.74) is 2.35. The van der Waals surface area contributed by atoms with Gasteiger partial charge in [0.05, 0.1) is 18.8 Å². The maximum absolute atomic E-state index is 13.0. The highest BCUT2D eigenvalue weighted by atomic mass is 16.5. The van der Waals surface area contributed by atoms with Gasteiger partial charge in [-0.2, -0.15) is 0 Å². The molecule has 2 aliphatic rings. The molecule has 3 rings (SSSR count). The van der Waals surface area contributed by atoms with Crippen molar-refractivity contribution in [3.05, 3.63) is 35.4 Å². The van der Waals surface area contributed by atoms with E-state index in [1.165, 1.54) is 5.56 Å². The van der Waals surface area contributed by atoms with Crippen LogP contribution in [0.3, 0.4) is 0 Å². The maximum Gasteiger partial charge on any atom is 0.226 e. The van der Waals surface area contributed by atoms with Crippen molar-refractivity contribution in [3.8, 4) is 0 Å². The van der Waals surface area contributed by atoms with E-state index < -0.39 is 0 Å². The molecule has 0 saturated carbocycles. The Morgan fingerprint density at radius 3 is 3.00 bits per heavy atom. The van der Waals surface area contributed by atoms with Gasteiger partial charge in [0.25, 0.3) is 0 Å². The fraction of sp³-hybridized carbons (Fsp3) is 0.611. The molecule has 4 heteroatoms. The average Bonchev–Trinajstić information content (AvgIpc) is 2.60. The van der Waals surface area contributed by atoms with Crippen LogP contribution < -0.4 is 0 Å². The Hall–Kier alpha value is -1.39. The normalized spacial score (nSPS) is 28.3. The van der Waals surface area contributed by atoms with Crippen LogP contribution in [0.15, 0.2) is 24.3 Å². The molecule has 1 N–H and O–H groups in total. The van der Waals surface area contributed by atoms with E-state index in [1.807, 2.05) is 23.1 Å². The minimum Gasteiger partial charge on any atom is -0.394 e. The van der Waals surface area contributed by atoms with Gasteiger partial charge in [-0.25, -0.2) is 0 Å². The lowest BCUT2D eigenvalue weighted by molar-refractivity contribution is -0.144. The molecule has 2 aliphatic heterocycles. The summed E-state index contributed by atoms with van der Waals surface area (Å²) in [6, 6.07) is 7.95. The maximum atomic E-state index is 13.0. The van der Waals surface area contributed by atoms with Gasteiger partial charge >= 0.3 is 0 Å². The van der Waals surface area contributed by atoms with Crippen LogP contribution in [-0.2, 0) is 16.0 Å². The first-order valence-electron chi connectivity index (χ1n) is 8.35. The number of aliphatic hydroxyl groups is 1. The molecule has 1 saturated heterocycles. The summed E-state index contributed by atoms with van der Waals surface area (Å²) in [4.78, 5) is 14.8. The molecule has 3 atom stereocenters. The summed E-state index contributed by atoms with van der Waals surface area (Å²) in [5.74, 6) is 0.230. The summed E-state index contributed by atoms with van der Waals surface area (Å²) in [6.45, 7) is 3.47. The largest absolute Gasteiger partial charge is 0.394 e. The van der Waals surface area contributed by atoms with Crippen LogP contribution in [0.4, 0.5) is 0 Å². The molecule has 0 bridgehead atoms. The monoisotopic (exact) mass is 303 g/mol. The minimum absolute atomic E-state index is 0.0107. The lowest BCUT2D eigenvalue weighted by atomic mass is 9.88. The van der Waals surface area contributed by atoms with Gasteiger partial charge < -0.3 is 14.7 Å². The van der Waals surface area contributed by atoms with Crippen molar-refractivity contribution in [2.75, 3.05) is 19.8 Å². The van der Waals surface area contributed by atoms with Gasteiger partial charge in [0, 0.05) is 19.1 Å². The van der Waals surface area contributed by atoms with Crippen molar-refractivity contribution in [2.45, 2.75) is 44.8 Å². The van der Waals surface area contributed by atoms with Gasteiger partial charge in [0.15, 0.2) is 0 Å². The number of hydrogen-bond donors (Lipinski definition) is 1. The summed E-state index contributed by atoms with van der Waals surface area (Å²) in [7, 11) is 0. The van der Waals surface area contributed by atoms with E-state index in [0.29, 0.717) is 13.2 Å². The highest BCUT2D eigenvalue weighted by Gasteiger charge is 2.36. The van der Waals surface area contributed by atoms with Gasteiger partial charge in [-0.1, -0.05) is 31.2 Å². The predicted octanol–water partition coefficient (Wildman–Crippen LogP) is 2.31. The zero-order valence-electron chi connectivity index (χ0n) is 13.2. The molecule has 1 amide bonds. The van der Waals surface area contributed by atoms with E-state index in [2.05, 4.69) is 13.0 Å².